The van der Waals surface area contributed by atoms with Crippen LogP contribution in [-0.2, 0) is 7.05 Å². The second kappa shape index (κ2) is 4.39. The van der Waals surface area contributed by atoms with Gasteiger partial charge in [-0.25, -0.2) is 0 Å². The standard InChI is InChI=1S/C9H14N4OS/c1-5-7(4-13(3)12-5)9(14)11-6(2)8(10)15/h4,6H,1-3H3,(H2,10,15)(H,11,14). The van der Waals surface area contributed by atoms with Crippen molar-refractivity contribution in [3.63, 3.8) is 0 Å². The maximum Gasteiger partial charge on any atom is 0.255 e. The number of nitrogens with two attached hydrogens (primary N) is 1. The molecule has 5 nitrogen and oxygen atoms in total. The van der Waals surface area contributed by atoms with E-state index in [1.165, 1.54) is 0 Å². The molecule has 3 N–H and O–H groups in total. The van der Waals surface area contributed by atoms with Crippen LogP contribution in [0.15, 0.2) is 6.20 Å². The van der Waals surface area contributed by atoms with Crippen LogP contribution in [0.2, 0.25) is 0 Å². The van der Waals surface area contributed by atoms with Gasteiger partial charge >= 0.3 is 0 Å². The number of aromatic nitrogens is 2. The lowest BCUT2D eigenvalue weighted by atomic mass is 10.2. The van der Waals surface area contributed by atoms with Gasteiger partial charge in [0.2, 0.25) is 0 Å². The zero-order valence-corrected chi connectivity index (χ0v) is 9.76. The zero-order valence-electron chi connectivity index (χ0n) is 8.94. The first-order valence-corrected chi connectivity index (χ1v) is 4.93. The predicted molar refractivity (Wildman–Crippen MR) is 61.7 cm³/mol. The molecule has 0 radical (unpaired) electrons. The maximum absolute atomic E-state index is 11.7. The van der Waals surface area contributed by atoms with Crippen LogP contribution < -0.4 is 11.1 Å². The first-order valence-electron chi connectivity index (χ1n) is 4.52. The largest absolute Gasteiger partial charge is 0.392 e. The van der Waals surface area contributed by atoms with Crippen LogP contribution in [0.4, 0.5) is 0 Å². The van der Waals surface area contributed by atoms with Crippen molar-refractivity contribution in [1.29, 1.82) is 0 Å². The molecule has 0 aromatic carbocycles. The van der Waals surface area contributed by atoms with Crippen molar-refractivity contribution in [3.8, 4) is 0 Å². The third-order valence-electron chi connectivity index (χ3n) is 2.03. The van der Waals surface area contributed by atoms with Crippen LogP contribution in [0.1, 0.15) is 23.0 Å². The third-order valence-corrected chi connectivity index (χ3v) is 2.39. The lowest BCUT2D eigenvalue weighted by molar-refractivity contribution is 0.0948. The second-order valence-corrected chi connectivity index (χ2v) is 3.87. The molecule has 1 aromatic rings. The highest BCUT2D eigenvalue weighted by molar-refractivity contribution is 7.80. The number of hydrogen-bond acceptors (Lipinski definition) is 3. The molecule has 1 heterocycles. The van der Waals surface area contributed by atoms with Crippen LogP contribution in [0, 0.1) is 6.92 Å². The molecule has 1 amide bonds. The highest BCUT2D eigenvalue weighted by Crippen LogP contribution is 2.04. The van der Waals surface area contributed by atoms with Gasteiger partial charge in [0.15, 0.2) is 0 Å². The van der Waals surface area contributed by atoms with Crippen molar-refractivity contribution >= 4 is 23.1 Å². The summed E-state index contributed by atoms with van der Waals surface area (Å²) in [5.41, 5.74) is 6.63. The predicted octanol–water partition coefficient (Wildman–Crippen LogP) is 0.133. The summed E-state index contributed by atoms with van der Waals surface area (Å²) < 4.78 is 1.59. The van der Waals surface area contributed by atoms with Gasteiger partial charge in [0.25, 0.3) is 5.91 Å². The van der Waals surface area contributed by atoms with Gasteiger partial charge in [-0.1, -0.05) is 12.2 Å². The van der Waals surface area contributed by atoms with Crippen LogP contribution in [0.3, 0.4) is 0 Å². The molecule has 82 valence electrons. The van der Waals surface area contributed by atoms with E-state index in [-0.39, 0.29) is 16.9 Å². The molecule has 6 heteroatoms. The van der Waals surface area contributed by atoms with E-state index in [1.807, 2.05) is 0 Å². The van der Waals surface area contributed by atoms with E-state index in [0.717, 1.165) is 0 Å². The third kappa shape index (κ3) is 2.76. The molecule has 0 aliphatic carbocycles. The van der Waals surface area contributed by atoms with Crippen molar-refractivity contribution in [3.05, 3.63) is 17.5 Å². The van der Waals surface area contributed by atoms with Gasteiger partial charge in [0.05, 0.1) is 22.3 Å². The van der Waals surface area contributed by atoms with Gasteiger partial charge < -0.3 is 11.1 Å². The number of aryl methyl sites for hydroxylation is 2. The Morgan fingerprint density at radius 3 is 2.73 bits per heavy atom. The molecule has 1 rings (SSSR count). The molecule has 0 spiro atoms. The van der Waals surface area contributed by atoms with Crippen molar-refractivity contribution in [1.82, 2.24) is 15.1 Å². The van der Waals surface area contributed by atoms with Crippen LogP contribution in [0.25, 0.3) is 0 Å². The molecular weight excluding hydrogens is 212 g/mol. The highest BCUT2D eigenvalue weighted by Gasteiger charge is 2.15. The second-order valence-electron chi connectivity index (χ2n) is 3.40. The van der Waals surface area contributed by atoms with Gasteiger partial charge in [-0.15, -0.1) is 0 Å². The lowest BCUT2D eigenvalue weighted by Crippen LogP contribution is -2.41. The Morgan fingerprint density at radius 1 is 1.73 bits per heavy atom. The maximum atomic E-state index is 11.7. The zero-order chi connectivity index (χ0) is 11.6. The molecule has 0 bridgehead atoms. The van der Waals surface area contributed by atoms with Crippen LogP contribution in [-0.4, -0.2) is 26.7 Å². The molecule has 0 saturated heterocycles. The fourth-order valence-corrected chi connectivity index (χ4v) is 1.23. The summed E-state index contributed by atoms with van der Waals surface area (Å²) in [5, 5.41) is 6.77. The highest BCUT2D eigenvalue weighted by atomic mass is 32.1. The quantitative estimate of drug-likeness (QED) is 0.719. The van der Waals surface area contributed by atoms with E-state index < -0.39 is 0 Å². The van der Waals surface area contributed by atoms with Crippen LogP contribution >= 0.6 is 12.2 Å². The molecule has 0 saturated carbocycles. The summed E-state index contributed by atoms with van der Waals surface area (Å²) in [6.45, 7) is 3.52. The van der Waals surface area contributed by atoms with Crippen molar-refractivity contribution in [2.75, 3.05) is 0 Å². The van der Waals surface area contributed by atoms with Gasteiger partial charge in [-0.2, -0.15) is 5.10 Å². The van der Waals surface area contributed by atoms with Gasteiger partial charge in [0, 0.05) is 13.2 Å². The monoisotopic (exact) mass is 226 g/mol. The molecular formula is C9H14N4OS. The molecule has 15 heavy (non-hydrogen) atoms. The number of carbonyl (C=O) groups excluding carboxylic acids is 1. The normalized spacial score (nSPS) is 12.2. The number of nitrogens with one attached hydrogen (secondary N) is 1. The Morgan fingerprint density at radius 2 is 2.33 bits per heavy atom. The van der Waals surface area contributed by atoms with Crippen LogP contribution in [0.5, 0.6) is 0 Å². The SMILES string of the molecule is Cc1nn(C)cc1C(=O)NC(C)C(N)=S. The summed E-state index contributed by atoms with van der Waals surface area (Å²) in [5.74, 6) is -0.207. The minimum atomic E-state index is -0.313. The average molecular weight is 226 g/mol. The minimum Gasteiger partial charge on any atom is -0.392 e. The number of hydrogen-bond donors (Lipinski definition) is 2. The number of rotatable bonds is 3. The first-order chi connectivity index (χ1) is 6.91. The molecule has 0 fully saturated rings. The Labute approximate surface area is 93.6 Å². The number of carbonyl (C=O) groups is 1. The fraction of sp³-hybridized carbons (Fsp3) is 0.444. The summed E-state index contributed by atoms with van der Waals surface area (Å²) in [6, 6.07) is -0.313. The summed E-state index contributed by atoms with van der Waals surface area (Å²) >= 11 is 4.77. The van der Waals surface area contributed by atoms with Crippen molar-refractivity contribution < 1.29 is 4.79 Å². The molecule has 1 atom stereocenters. The van der Waals surface area contributed by atoms with E-state index in [0.29, 0.717) is 11.3 Å². The van der Waals surface area contributed by atoms with Crippen molar-refractivity contribution in [2.24, 2.45) is 12.8 Å². The number of nitrogens with zero attached hydrogens (tertiary/aromatic N) is 2. The Bertz CT molecular complexity index is 399. The molecule has 0 aliphatic rings. The van der Waals surface area contributed by atoms with E-state index in [2.05, 4.69) is 10.4 Å². The van der Waals surface area contributed by atoms with E-state index >= 15 is 0 Å². The Hall–Kier alpha value is -1.43. The summed E-state index contributed by atoms with van der Waals surface area (Å²) in [4.78, 5) is 12.0. The topological polar surface area (TPSA) is 72.9 Å². The van der Waals surface area contributed by atoms with Crippen molar-refractivity contribution in [2.45, 2.75) is 19.9 Å². The minimum absolute atomic E-state index is 0.207. The van der Waals surface area contributed by atoms with Gasteiger partial charge in [-0.05, 0) is 13.8 Å². The fourth-order valence-electron chi connectivity index (χ4n) is 1.17. The number of amides is 1. The molecule has 0 aliphatic heterocycles. The lowest BCUT2D eigenvalue weighted by Gasteiger charge is -2.11. The van der Waals surface area contributed by atoms with Gasteiger partial charge in [0.1, 0.15) is 0 Å². The summed E-state index contributed by atoms with van der Waals surface area (Å²) in [6.07, 6.45) is 1.66. The molecule has 1 aromatic heterocycles. The summed E-state index contributed by atoms with van der Waals surface area (Å²) in [7, 11) is 1.76. The van der Waals surface area contributed by atoms with E-state index in [9.17, 15) is 4.79 Å². The first kappa shape index (κ1) is 11.6. The van der Waals surface area contributed by atoms with Gasteiger partial charge in [-0.3, -0.25) is 9.48 Å². The van der Waals surface area contributed by atoms with E-state index in [1.54, 1.807) is 31.8 Å². The van der Waals surface area contributed by atoms with E-state index in [4.69, 9.17) is 18.0 Å². The number of thiocarbonyl (C=S) groups is 1. The molecule has 1 unspecified atom stereocenters. The smallest absolute Gasteiger partial charge is 0.255 e. The average Bonchev–Trinajstić information content (AvgIpc) is 2.44. The Kier molecular flexibility index (Phi) is 3.41. The Balaban J connectivity index is 2.77.